The second-order valence-electron chi connectivity index (χ2n) is 6.26. The summed E-state index contributed by atoms with van der Waals surface area (Å²) in [6, 6.07) is 20.3. The molecule has 0 spiro atoms. The summed E-state index contributed by atoms with van der Waals surface area (Å²) in [6.07, 6.45) is 5.87. The van der Waals surface area contributed by atoms with Crippen molar-refractivity contribution in [2.75, 3.05) is 0 Å². The third-order valence-corrected chi connectivity index (χ3v) is 9.86. The molecule has 3 aromatic rings. The number of allylic oxidation sites excluding steroid dienone is 4. The van der Waals surface area contributed by atoms with E-state index in [0.29, 0.717) is 3.63 Å². The van der Waals surface area contributed by atoms with Crippen molar-refractivity contribution in [1.82, 2.24) is 0 Å². The summed E-state index contributed by atoms with van der Waals surface area (Å²) in [6.45, 7) is 0. The van der Waals surface area contributed by atoms with Crippen LogP contribution in [-0.2, 0) is 23.2 Å². The number of halogens is 2. The quantitative estimate of drug-likeness (QED) is 0.512. The normalized spacial score (nSPS) is 14.3. The number of rotatable bonds is 3. The van der Waals surface area contributed by atoms with Crippen LogP contribution in [0.25, 0.3) is 16.7 Å². The SMILES string of the molecule is C1=CC(c2ccsc2)=[C]([Zr+2][CH]2c3ccccc3-c3ccccc32)C1.[Cl-].[Cl-]. The Morgan fingerprint density at radius 1 is 0.846 bits per heavy atom. The molecule has 2 aliphatic rings. The van der Waals surface area contributed by atoms with Crippen molar-refractivity contribution in [1.29, 1.82) is 0 Å². The molecule has 0 atom stereocenters. The number of hydrogen-bond acceptors (Lipinski definition) is 1. The van der Waals surface area contributed by atoms with Crippen molar-refractivity contribution >= 4 is 16.9 Å². The molecule has 128 valence electrons. The number of fused-ring (bicyclic) bond motifs is 3. The third kappa shape index (κ3) is 3.34. The molecule has 0 N–H and O–H groups in total. The van der Waals surface area contributed by atoms with E-state index in [-0.39, 0.29) is 24.8 Å². The maximum Gasteiger partial charge on any atom is -1.00 e. The van der Waals surface area contributed by atoms with Crippen molar-refractivity contribution < 1.29 is 48.0 Å². The second kappa shape index (κ2) is 8.40. The van der Waals surface area contributed by atoms with Gasteiger partial charge in [-0.1, -0.05) is 0 Å². The fraction of sp³-hybridized carbons (Fsp3) is 0.0909. The van der Waals surface area contributed by atoms with Crippen molar-refractivity contribution in [3.05, 3.63) is 97.5 Å². The largest absolute Gasteiger partial charge is 1.00 e. The van der Waals surface area contributed by atoms with Gasteiger partial charge in [-0.05, 0) is 0 Å². The molecule has 1 aromatic heterocycles. The molecular formula is C22H16Cl2SZr. The van der Waals surface area contributed by atoms with Gasteiger partial charge in [0.2, 0.25) is 0 Å². The van der Waals surface area contributed by atoms with E-state index in [1.165, 1.54) is 22.3 Å². The first-order valence-electron chi connectivity index (χ1n) is 8.29. The van der Waals surface area contributed by atoms with Crippen molar-refractivity contribution in [2.24, 2.45) is 0 Å². The summed E-state index contributed by atoms with van der Waals surface area (Å²) < 4.78 is 2.40. The summed E-state index contributed by atoms with van der Waals surface area (Å²) in [5.41, 5.74) is 8.99. The van der Waals surface area contributed by atoms with Crippen LogP contribution >= 0.6 is 11.3 Å². The Morgan fingerprint density at radius 3 is 2.12 bits per heavy atom. The third-order valence-electron chi connectivity index (χ3n) is 4.92. The van der Waals surface area contributed by atoms with Gasteiger partial charge in [0.1, 0.15) is 0 Å². The van der Waals surface area contributed by atoms with Crippen LogP contribution in [0.2, 0.25) is 0 Å². The van der Waals surface area contributed by atoms with E-state index in [4.69, 9.17) is 0 Å². The molecule has 0 nitrogen and oxygen atoms in total. The fourth-order valence-electron chi connectivity index (χ4n) is 3.82. The van der Waals surface area contributed by atoms with Crippen LogP contribution in [0.5, 0.6) is 0 Å². The molecule has 2 aliphatic carbocycles. The summed E-state index contributed by atoms with van der Waals surface area (Å²) >= 11 is 1.06. The standard InChI is InChI=1S/C13H9.C9H7S.2ClH.Zr/c1-3-7-12-10(5-1)9-11-6-2-4-8-13(11)12;1-2-4-8(3-1)9-5-6-10-7-9;;;/h1-9H;1,3,5-7H,2H2;2*1H;/q;;;;+2/p-2. The topological polar surface area (TPSA) is 0 Å². The van der Waals surface area contributed by atoms with E-state index in [9.17, 15) is 0 Å². The minimum atomic E-state index is -0.741. The monoisotopic (exact) mass is 472 g/mol. The first-order valence-corrected chi connectivity index (χ1v) is 11.9. The van der Waals surface area contributed by atoms with E-state index in [0.717, 1.165) is 6.42 Å². The number of thiophene rings is 1. The molecule has 4 heteroatoms. The van der Waals surface area contributed by atoms with Gasteiger partial charge in [0, 0.05) is 0 Å². The summed E-state index contributed by atoms with van der Waals surface area (Å²) in [5.74, 6) is 0. The van der Waals surface area contributed by atoms with Gasteiger partial charge in [0.15, 0.2) is 0 Å². The number of benzene rings is 2. The van der Waals surface area contributed by atoms with Crippen LogP contribution < -0.4 is 24.8 Å². The van der Waals surface area contributed by atoms with Crippen LogP contribution in [-0.4, -0.2) is 0 Å². The van der Waals surface area contributed by atoms with Gasteiger partial charge in [-0.2, -0.15) is 0 Å². The maximum atomic E-state index is 2.36. The van der Waals surface area contributed by atoms with Gasteiger partial charge < -0.3 is 24.8 Å². The summed E-state index contributed by atoms with van der Waals surface area (Å²) in [4.78, 5) is 0. The maximum absolute atomic E-state index is 2.36. The zero-order valence-corrected chi connectivity index (χ0v) is 18.7. The molecule has 26 heavy (non-hydrogen) atoms. The zero-order chi connectivity index (χ0) is 15.9. The number of hydrogen-bond donors (Lipinski definition) is 0. The van der Waals surface area contributed by atoms with E-state index in [1.54, 1.807) is 25.7 Å². The molecular weight excluding hydrogens is 458 g/mol. The molecule has 0 bridgehead atoms. The molecule has 2 aromatic carbocycles. The molecule has 0 unspecified atom stereocenters. The Hall–Kier alpha value is -0.917. The van der Waals surface area contributed by atoms with Crippen LogP contribution in [0.1, 0.15) is 26.7 Å². The van der Waals surface area contributed by atoms with Gasteiger partial charge in [-0.15, -0.1) is 0 Å². The first-order chi connectivity index (χ1) is 11.9. The molecule has 0 amide bonds. The minimum Gasteiger partial charge on any atom is -1.00 e. The molecule has 0 aliphatic heterocycles. The molecule has 0 radical (unpaired) electrons. The van der Waals surface area contributed by atoms with E-state index >= 15 is 0 Å². The Kier molecular flexibility index (Phi) is 6.41. The van der Waals surface area contributed by atoms with Crippen LogP contribution in [0, 0.1) is 0 Å². The Bertz CT molecular complexity index is 928. The van der Waals surface area contributed by atoms with Crippen molar-refractivity contribution in [3.63, 3.8) is 0 Å². The van der Waals surface area contributed by atoms with E-state index < -0.39 is 23.2 Å². The van der Waals surface area contributed by atoms with Gasteiger partial charge in [0.05, 0.1) is 0 Å². The Morgan fingerprint density at radius 2 is 1.50 bits per heavy atom. The van der Waals surface area contributed by atoms with Crippen LogP contribution in [0.3, 0.4) is 0 Å². The van der Waals surface area contributed by atoms with Crippen molar-refractivity contribution in [3.8, 4) is 11.1 Å². The zero-order valence-electron chi connectivity index (χ0n) is 14.0. The molecule has 5 rings (SSSR count). The predicted molar refractivity (Wildman–Crippen MR) is 98.7 cm³/mol. The second-order valence-corrected chi connectivity index (χ2v) is 10.7. The van der Waals surface area contributed by atoms with Crippen molar-refractivity contribution in [2.45, 2.75) is 10.0 Å². The predicted octanol–water partition coefficient (Wildman–Crippen LogP) is 0.280. The minimum absolute atomic E-state index is 0. The first kappa shape index (κ1) is 19.8. The molecule has 0 saturated heterocycles. The van der Waals surface area contributed by atoms with E-state index in [2.05, 4.69) is 77.5 Å². The molecule has 0 fully saturated rings. The summed E-state index contributed by atoms with van der Waals surface area (Å²) in [5, 5.41) is 4.48. The Balaban J connectivity index is 0.000000980. The van der Waals surface area contributed by atoms with Gasteiger partial charge in [-0.25, -0.2) is 0 Å². The fourth-order valence-corrected chi connectivity index (χ4v) is 8.85. The summed E-state index contributed by atoms with van der Waals surface area (Å²) in [7, 11) is 0. The molecule has 0 saturated carbocycles. The van der Waals surface area contributed by atoms with Crippen LogP contribution in [0.15, 0.2) is 80.8 Å². The van der Waals surface area contributed by atoms with Gasteiger partial charge in [0.25, 0.3) is 0 Å². The van der Waals surface area contributed by atoms with E-state index in [1.807, 2.05) is 0 Å². The smallest absolute Gasteiger partial charge is 1.00 e. The Labute approximate surface area is 182 Å². The average molecular weight is 475 g/mol. The van der Waals surface area contributed by atoms with Gasteiger partial charge in [-0.3, -0.25) is 0 Å². The van der Waals surface area contributed by atoms with Gasteiger partial charge >= 0.3 is 159 Å². The average Bonchev–Trinajstić information content (AvgIpc) is 3.35. The molecule has 1 heterocycles. The van der Waals surface area contributed by atoms with Crippen LogP contribution in [0.4, 0.5) is 0 Å².